The van der Waals surface area contributed by atoms with E-state index < -0.39 is 23.9 Å². The standard InChI is InChI=1S/C27H22F3NO3S/c28-22-4-2-1-3-20(22)24(33)26-25(21-10-7-18(32)13-23(21)35-26)34-19-8-5-16(6-9-19)11-12-31-14-17(15-31)27(29)30/h1-10,13,17,27,32H,11-12,14-15H2. The van der Waals surface area contributed by atoms with Crippen molar-refractivity contribution in [1.82, 2.24) is 4.90 Å². The fourth-order valence-corrected chi connectivity index (χ4v) is 5.28. The van der Waals surface area contributed by atoms with Gasteiger partial charge < -0.3 is 14.7 Å². The van der Waals surface area contributed by atoms with E-state index in [1.807, 2.05) is 17.0 Å². The number of ketones is 1. The number of ether oxygens (including phenoxy) is 1. The molecule has 0 unspecified atom stereocenters. The fourth-order valence-electron chi connectivity index (χ4n) is 4.16. The third-order valence-electron chi connectivity index (χ3n) is 6.15. The average molecular weight is 498 g/mol. The maximum Gasteiger partial charge on any atom is 0.243 e. The normalized spacial score (nSPS) is 14.4. The maximum absolute atomic E-state index is 14.3. The third kappa shape index (κ3) is 4.90. The minimum atomic E-state index is -2.25. The third-order valence-corrected chi connectivity index (χ3v) is 7.29. The lowest BCUT2D eigenvalue weighted by atomic mass is 10.00. The lowest BCUT2D eigenvalue weighted by Gasteiger charge is -2.38. The van der Waals surface area contributed by atoms with E-state index in [9.17, 15) is 23.1 Å². The van der Waals surface area contributed by atoms with Crippen LogP contribution in [0.25, 0.3) is 10.1 Å². The summed E-state index contributed by atoms with van der Waals surface area (Å²) < 4.78 is 46.4. The van der Waals surface area contributed by atoms with Crippen molar-refractivity contribution in [2.45, 2.75) is 12.8 Å². The zero-order valence-corrected chi connectivity index (χ0v) is 19.4. The summed E-state index contributed by atoms with van der Waals surface area (Å²) in [5, 5.41) is 10.5. The van der Waals surface area contributed by atoms with Crippen LogP contribution >= 0.6 is 11.3 Å². The Bertz CT molecular complexity index is 1360. The summed E-state index contributed by atoms with van der Waals surface area (Å²) in [4.78, 5) is 15.5. The number of rotatable bonds is 8. The first kappa shape index (κ1) is 23.4. The lowest BCUT2D eigenvalue weighted by Crippen LogP contribution is -2.50. The van der Waals surface area contributed by atoms with E-state index >= 15 is 0 Å². The van der Waals surface area contributed by atoms with Gasteiger partial charge in [-0.2, -0.15) is 0 Å². The van der Waals surface area contributed by atoms with Crippen molar-refractivity contribution in [3.8, 4) is 17.2 Å². The molecule has 1 aliphatic rings. The summed E-state index contributed by atoms with van der Waals surface area (Å²) in [7, 11) is 0. The number of likely N-dealkylation sites (tertiary alicyclic amines) is 1. The number of phenols is 1. The minimum Gasteiger partial charge on any atom is -0.508 e. The Labute approximate surface area is 204 Å². The predicted octanol–water partition coefficient (Wildman–Crippen LogP) is 6.51. The molecule has 1 aromatic heterocycles. The van der Waals surface area contributed by atoms with Crippen LogP contribution in [0.4, 0.5) is 13.2 Å². The van der Waals surface area contributed by atoms with Crippen molar-refractivity contribution in [1.29, 1.82) is 0 Å². The van der Waals surface area contributed by atoms with Crippen LogP contribution in [0.15, 0.2) is 66.7 Å². The molecule has 0 atom stereocenters. The first-order chi connectivity index (χ1) is 16.9. The number of halogens is 3. The second kappa shape index (κ2) is 9.71. The van der Waals surface area contributed by atoms with Crippen LogP contribution in [0.2, 0.25) is 0 Å². The molecule has 3 aromatic carbocycles. The van der Waals surface area contributed by atoms with Crippen molar-refractivity contribution in [2.24, 2.45) is 5.92 Å². The van der Waals surface area contributed by atoms with Gasteiger partial charge in [-0.15, -0.1) is 11.3 Å². The minimum absolute atomic E-state index is 0.0523. The number of benzene rings is 3. The maximum atomic E-state index is 14.3. The van der Waals surface area contributed by atoms with E-state index in [-0.39, 0.29) is 16.2 Å². The molecule has 5 rings (SSSR count). The SMILES string of the molecule is O=C(c1ccccc1F)c1sc2cc(O)ccc2c1Oc1ccc(CCN2CC(C(F)F)C2)cc1. The van der Waals surface area contributed by atoms with Crippen LogP contribution in [0, 0.1) is 11.7 Å². The van der Waals surface area contributed by atoms with Crippen LogP contribution in [-0.4, -0.2) is 41.8 Å². The van der Waals surface area contributed by atoms with Crippen molar-refractivity contribution < 1.29 is 27.8 Å². The molecule has 0 amide bonds. The quantitative estimate of drug-likeness (QED) is 0.282. The van der Waals surface area contributed by atoms with Gasteiger partial charge >= 0.3 is 0 Å². The number of hydrogen-bond donors (Lipinski definition) is 1. The zero-order chi connectivity index (χ0) is 24.5. The molecule has 2 heterocycles. The molecule has 0 saturated carbocycles. The van der Waals surface area contributed by atoms with Gasteiger partial charge in [-0.05, 0) is 54.4 Å². The van der Waals surface area contributed by atoms with Gasteiger partial charge in [0.25, 0.3) is 0 Å². The molecule has 4 nitrogen and oxygen atoms in total. The van der Waals surface area contributed by atoms with E-state index in [4.69, 9.17) is 4.74 Å². The second-order valence-corrected chi connectivity index (χ2v) is 9.65. The summed E-state index contributed by atoms with van der Waals surface area (Å²) in [5.74, 6) is -0.756. The summed E-state index contributed by atoms with van der Waals surface area (Å²) in [6.07, 6.45) is -1.52. The van der Waals surface area contributed by atoms with Gasteiger partial charge in [0.15, 0.2) is 5.75 Å². The van der Waals surface area contributed by atoms with Crippen LogP contribution in [-0.2, 0) is 6.42 Å². The molecule has 8 heteroatoms. The highest BCUT2D eigenvalue weighted by Crippen LogP contribution is 2.42. The lowest BCUT2D eigenvalue weighted by molar-refractivity contribution is -0.0233. The number of carbonyl (C=O) groups excluding carboxylic acids is 1. The Balaban J connectivity index is 1.36. The molecule has 4 aromatic rings. The van der Waals surface area contributed by atoms with E-state index in [0.29, 0.717) is 41.2 Å². The molecular weight excluding hydrogens is 475 g/mol. The van der Waals surface area contributed by atoms with Gasteiger partial charge in [0.2, 0.25) is 12.2 Å². The number of nitrogens with zero attached hydrogens (tertiary/aromatic N) is 1. The van der Waals surface area contributed by atoms with Crippen molar-refractivity contribution in [2.75, 3.05) is 19.6 Å². The molecule has 1 N–H and O–H groups in total. The van der Waals surface area contributed by atoms with Crippen molar-refractivity contribution in [3.05, 3.63) is 88.6 Å². The van der Waals surface area contributed by atoms with Crippen molar-refractivity contribution in [3.63, 3.8) is 0 Å². The first-order valence-electron chi connectivity index (χ1n) is 11.2. The first-order valence-corrected chi connectivity index (χ1v) is 12.0. The number of fused-ring (bicyclic) bond motifs is 1. The highest BCUT2D eigenvalue weighted by Gasteiger charge is 2.33. The molecule has 35 heavy (non-hydrogen) atoms. The van der Waals surface area contributed by atoms with Gasteiger partial charge in [0.05, 0.1) is 5.56 Å². The highest BCUT2D eigenvalue weighted by atomic mass is 32.1. The monoisotopic (exact) mass is 497 g/mol. The number of hydrogen-bond acceptors (Lipinski definition) is 5. The van der Waals surface area contributed by atoms with Gasteiger partial charge in [0.1, 0.15) is 22.2 Å². The van der Waals surface area contributed by atoms with Crippen molar-refractivity contribution >= 4 is 27.2 Å². The Kier molecular flexibility index (Phi) is 6.49. The average Bonchev–Trinajstić information content (AvgIpc) is 3.16. The number of carbonyl (C=O) groups is 1. The number of aromatic hydroxyl groups is 1. The Morgan fingerprint density at radius 1 is 1.09 bits per heavy atom. The predicted molar refractivity (Wildman–Crippen MR) is 129 cm³/mol. The fraction of sp³-hybridized carbons (Fsp3) is 0.222. The molecular formula is C27H22F3NO3S. The zero-order valence-electron chi connectivity index (χ0n) is 18.6. The topological polar surface area (TPSA) is 49.8 Å². The molecule has 0 spiro atoms. The molecule has 0 bridgehead atoms. The molecule has 1 aliphatic heterocycles. The summed E-state index contributed by atoms with van der Waals surface area (Å²) in [5.41, 5.74) is 0.990. The molecule has 180 valence electrons. The van der Waals surface area contributed by atoms with E-state index in [0.717, 1.165) is 23.3 Å². The molecule has 1 fully saturated rings. The molecule has 0 aliphatic carbocycles. The Morgan fingerprint density at radius 2 is 1.83 bits per heavy atom. The van der Waals surface area contributed by atoms with E-state index in [1.54, 1.807) is 30.3 Å². The van der Waals surface area contributed by atoms with Crippen LogP contribution in [0.5, 0.6) is 17.2 Å². The Hall–Kier alpha value is -3.36. The molecule has 0 radical (unpaired) electrons. The van der Waals surface area contributed by atoms with Gasteiger partial charge in [-0.1, -0.05) is 24.3 Å². The highest BCUT2D eigenvalue weighted by molar-refractivity contribution is 7.21. The van der Waals surface area contributed by atoms with Crippen LogP contribution < -0.4 is 4.74 Å². The summed E-state index contributed by atoms with van der Waals surface area (Å²) in [6.45, 7) is 1.57. The smallest absolute Gasteiger partial charge is 0.243 e. The summed E-state index contributed by atoms with van der Waals surface area (Å²) in [6, 6.07) is 17.9. The number of alkyl halides is 2. The van der Waals surface area contributed by atoms with Gasteiger partial charge in [-0.3, -0.25) is 4.79 Å². The molecule has 1 saturated heterocycles. The largest absolute Gasteiger partial charge is 0.508 e. The van der Waals surface area contributed by atoms with Crippen LogP contribution in [0.3, 0.4) is 0 Å². The second-order valence-electron chi connectivity index (χ2n) is 8.60. The van der Waals surface area contributed by atoms with E-state index in [1.165, 1.54) is 24.3 Å². The van der Waals surface area contributed by atoms with Gasteiger partial charge in [-0.25, -0.2) is 13.2 Å². The van der Waals surface area contributed by atoms with Gasteiger partial charge in [0, 0.05) is 35.6 Å². The van der Waals surface area contributed by atoms with E-state index in [2.05, 4.69) is 0 Å². The summed E-state index contributed by atoms with van der Waals surface area (Å²) >= 11 is 1.13. The Morgan fingerprint density at radius 3 is 2.54 bits per heavy atom. The van der Waals surface area contributed by atoms with Crippen LogP contribution in [0.1, 0.15) is 20.8 Å². The number of phenolic OH excluding ortho intramolecular Hbond substituents is 1. The number of thiophene rings is 1.